The molecule has 0 bridgehead atoms. The van der Waals surface area contributed by atoms with Gasteiger partial charge in [-0.3, -0.25) is 4.90 Å². The number of halogens is 3. The molecule has 11 heteroatoms. The van der Waals surface area contributed by atoms with E-state index in [-0.39, 0.29) is 17.7 Å². The Labute approximate surface area is 264 Å². The summed E-state index contributed by atoms with van der Waals surface area (Å²) >= 11 is 7.79. The van der Waals surface area contributed by atoms with E-state index in [1.807, 2.05) is 30.3 Å². The van der Waals surface area contributed by atoms with Crippen molar-refractivity contribution in [3.8, 4) is 5.75 Å². The smallest absolute Gasteiger partial charge is 0.132 e. The minimum atomic E-state index is -1.32. The fraction of sp³-hybridized carbons (Fsp3) is 0.455. The second-order valence-corrected chi connectivity index (χ2v) is 13.1. The maximum atomic E-state index is 14.1. The lowest BCUT2D eigenvalue weighted by Gasteiger charge is -2.46. The SMILES string of the molecule is CS[C@H]1O[C@@H](c2ccc(Cl)c(Cc3ccc(OC4CN([C@H]5CC[C@@H](c6cc(F)ccc6F)OC5)C4)cc3)c2)[C@H](O)[C@@H](O)[C@@H]1O. The predicted octanol–water partition coefficient (Wildman–Crippen LogP) is 5.04. The summed E-state index contributed by atoms with van der Waals surface area (Å²) < 4.78 is 45.7. The molecule has 0 aliphatic carbocycles. The molecule has 7 atom stereocenters. The average Bonchev–Trinajstić information content (AvgIpc) is 3.01. The van der Waals surface area contributed by atoms with Crippen molar-refractivity contribution in [2.24, 2.45) is 0 Å². The van der Waals surface area contributed by atoms with E-state index in [9.17, 15) is 24.1 Å². The Morgan fingerprint density at radius 1 is 0.955 bits per heavy atom. The molecule has 0 unspecified atom stereocenters. The van der Waals surface area contributed by atoms with Crippen LogP contribution < -0.4 is 4.74 Å². The van der Waals surface area contributed by atoms with Crippen molar-refractivity contribution in [1.29, 1.82) is 0 Å². The molecule has 3 aliphatic rings. The summed E-state index contributed by atoms with van der Waals surface area (Å²) in [4.78, 5) is 2.31. The third-order valence-corrected chi connectivity index (χ3v) is 9.99. The van der Waals surface area contributed by atoms with E-state index in [1.54, 1.807) is 18.4 Å². The molecule has 3 fully saturated rings. The molecule has 236 valence electrons. The number of benzene rings is 3. The second-order valence-electron chi connectivity index (χ2n) is 11.7. The van der Waals surface area contributed by atoms with Gasteiger partial charge in [0.2, 0.25) is 0 Å². The van der Waals surface area contributed by atoms with Crippen LogP contribution in [0.4, 0.5) is 8.78 Å². The number of hydrogen-bond acceptors (Lipinski definition) is 8. The number of aliphatic hydroxyl groups excluding tert-OH is 3. The van der Waals surface area contributed by atoms with Crippen LogP contribution in [0.5, 0.6) is 5.75 Å². The lowest BCUT2D eigenvalue weighted by Crippen LogP contribution is -2.59. The number of hydrogen-bond donors (Lipinski definition) is 3. The molecule has 0 spiro atoms. The summed E-state index contributed by atoms with van der Waals surface area (Å²) in [5.41, 5.74) is 2.18. The molecule has 0 saturated carbocycles. The van der Waals surface area contributed by atoms with Crippen LogP contribution in [0.3, 0.4) is 0 Å². The lowest BCUT2D eigenvalue weighted by molar-refractivity contribution is -0.200. The standard InChI is InChI=1S/C33H36ClF2NO6S/c1-44-33-31(40)29(38)30(39)32(43-33)19-4-9-26(34)20(13-19)12-18-2-7-23(8-3-18)42-24-15-37(16-24)22-6-11-28(41-17-22)25-14-21(35)5-10-27(25)36/h2-5,7-10,13-14,22,24,28-33,38-40H,6,11-12,15-17H2,1H3/t22-,28-,29+,30+,31-,32-,33+/m0/s1. The molecule has 3 saturated heterocycles. The highest BCUT2D eigenvalue weighted by Gasteiger charge is 2.44. The minimum absolute atomic E-state index is 0.0614. The average molecular weight is 648 g/mol. The van der Waals surface area contributed by atoms with E-state index >= 15 is 0 Å². The Morgan fingerprint density at radius 2 is 1.73 bits per heavy atom. The van der Waals surface area contributed by atoms with Gasteiger partial charge in [0.05, 0.1) is 12.7 Å². The van der Waals surface area contributed by atoms with Crippen molar-refractivity contribution in [2.45, 2.75) is 67.4 Å². The van der Waals surface area contributed by atoms with Gasteiger partial charge in [-0.1, -0.05) is 35.9 Å². The summed E-state index contributed by atoms with van der Waals surface area (Å²) in [5, 5.41) is 31.7. The fourth-order valence-corrected chi connectivity index (χ4v) is 7.05. The normalized spacial score (nSPS) is 29.8. The van der Waals surface area contributed by atoms with Gasteiger partial charge in [0.15, 0.2) is 0 Å². The molecule has 0 amide bonds. The van der Waals surface area contributed by atoms with Crippen molar-refractivity contribution >= 4 is 23.4 Å². The van der Waals surface area contributed by atoms with Gasteiger partial charge in [-0.05, 0) is 78.6 Å². The molecule has 3 aliphatic heterocycles. The number of rotatable bonds is 8. The molecular formula is C33H36ClF2NO6S. The van der Waals surface area contributed by atoms with E-state index in [4.69, 9.17) is 25.8 Å². The van der Waals surface area contributed by atoms with Crippen molar-refractivity contribution in [3.05, 3.63) is 99.6 Å². The summed E-state index contributed by atoms with van der Waals surface area (Å²) in [6.07, 6.45) is -1.11. The van der Waals surface area contributed by atoms with Gasteiger partial charge in [-0.25, -0.2) is 8.78 Å². The quantitative estimate of drug-likeness (QED) is 0.314. The molecule has 3 aromatic carbocycles. The van der Waals surface area contributed by atoms with Crippen LogP contribution in [0.2, 0.25) is 5.02 Å². The maximum Gasteiger partial charge on any atom is 0.132 e. The van der Waals surface area contributed by atoms with Crippen LogP contribution in [0, 0.1) is 11.6 Å². The monoisotopic (exact) mass is 647 g/mol. The number of nitrogens with zero attached hydrogens (tertiary/aromatic N) is 1. The van der Waals surface area contributed by atoms with Crippen molar-refractivity contribution in [2.75, 3.05) is 26.0 Å². The summed E-state index contributed by atoms with van der Waals surface area (Å²) in [6.45, 7) is 2.02. The Balaban J connectivity index is 0.999. The van der Waals surface area contributed by atoms with E-state index in [0.29, 0.717) is 30.0 Å². The largest absolute Gasteiger partial charge is 0.488 e. The first-order chi connectivity index (χ1) is 21.2. The third-order valence-electron chi connectivity index (χ3n) is 8.77. The van der Waals surface area contributed by atoms with E-state index in [0.717, 1.165) is 48.5 Å². The molecule has 6 rings (SSSR count). The lowest BCUT2D eigenvalue weighted by atomic mass is 9.92. The van der Waals surface area contributed by atoms with Crippen molar-refractivity contribution in [1.82, 2.24) is 4.90 Å². The van der Waals surface area contributed by atoms with Crippen LogP contribution in [-0.2, 0) is 15.9 Å². The van der Waals surface area contributed by atoms with E-state index in [1.165, 1.54) is 17.8 Å². The van der Waals surface area contributed by atoms with Gasteiger partial charge >= 0.3 is 0 Å². The topological polar surface area (TPSA) is 91.6 Å². The van der Waals surface area contributed by atoms with Crippen LogP contribution in [0.1, 0.15) is 47.3 Å². The number of likely N-dealkylation sites (tertiary alicyclic amines) is 1. The highest BCUT2D eigenvalue weighted by molar-refractivity contribution is 7.99. The van der Waals surface area contributed by atoms with Gasteiger partial charge in [0.25, 0.3) is 0 Å². The predicted molar refractivity (Wildman–Crippen MR) is 164 cm³/mol. The van der Waals surface area contributed by atoms with Crippen molar-refractivity contribution < 1.29 is 38.3 Å². The molecule has 3 N–H and O–H groups in total. The highest BCUT2D eigenvalue weighted by atomic mass is 35.5. The molecule has 44 heavy (non-hydrogen) atoms. The first-order valence-corrected chi connectivity index (χ1v) is 16.4. The van der Waals surface area contributed by atoms with Crippen LogP contribution in [0.25, 0.3) is 0 Å². The van der Waals surface area contributed by atoms with Crippen LogP contribution in [0.15, 0.2) is 60.7 Å². The number of ether oxygens (including phenoxy) is 3. The fourth-order valence-electron chi connectivity index (χ4n) is 6.20. The first kappa shape index (κ1) is 31.7. The molecule has 0 radical (unpaired) electrons. The van der Waals surface area contributed by atoms with Gasteiger partial charge in [0.1, 0.15) is 53.3 Å². The Morgan fingerprint density at radius 3 is 2.43 bits per heavy atom. The zero-order valence-corrected chi connectivity index (χ0v) is 25.8. The van der Waals surface area contributed by atoms with E-state index in [2.05, 4.69) is 4.90 Å². The second kappa shape index (κ2) is 13.6. The summed E-state index contributed by atoms with van der Waals surface area (Å²) in [7, 11) is 0. The zero-order valence-electron chi connectivity index (χ0n) is 24.2. The summed E-state index contributed by atoms with van der Waals surface area (Å²) in [6, 6.07) is 17.0. The van der Waals surface area contributed by atoms with Crippen LogP contribution >= 0.6 is 23.4 Å². The van der Waals surface area contributed by atoms with Gasteiger partial charge in [0, 0.05) is 29.7 Å². The van der Waals surface area contributed by atoms with Gasteiger partial charge in [-0.15, -0.1) is 11.8 Å². The Bertz CT molecular complexity index is 1430. The first-order valence-electron chi connectivity index (χ1n) is 14.8. The molecular weight excluding hydrogens is 612 g/mol. The number of thioether (sulfide) groups is 1. The molecule has 0 aromatic heterocycles. The molecule has 3 aromatic rings. The minimum Gasteiger partial charge on any atom is -0.488 e. The van der Waals surface area contributed by atoms with Gasteiger partial charge in [-0.2, -0.15) is 0 Å². The summed E-state index contributed by atoms with van der Waals surface area (Å²) in [5.74, 6) is -0.121. The third kappa shape index (κ3) is 6.78. The van der Waals surface area contributed by atoms with E-state index < -0.39 is 47.6 Å². The Hall–Kier alpha value is -2.28. The zero-order chi connectivity index (χ0) is 31.0. The number of aliphatic hydroxyl groups is 3. The Kier molecular flexibility index (Phi) is 9.80. The maximum absolute atomic E-state index is 14.1. The van der Waals surface area contributed by atoms with Crippen LogP contribution in [-0.4, -0.2) is 82.1 Å². The highest BCUT2D eigenvalue weighted by Crippen LogP contribution is 2.37. The molecule has 7 nitrogen and oxygen atoms in total. The molecule has 3 heterocycles. The van der Waals surface area contributed by atoms with Crippen molar-refractivity contribution in [3.63, 3.8) is 0 Å². The van der Waals surface area contributed by atoms with Gasteiger partial charge < -0.3 is 29.5 Å².